The standard InChI is InChI=1S/C16H22O2S/c1-3-12(2)19-11-15(17)6-4-13-5-7-16-14(10-13)8-9-18-16/h5,7,10,12H,3-4,6,8-9,11H2,1-2H3. The summed E-state index contributed by atoms with van der Waals surface area (Å²) in [5.74, 6) is 2.03. The molecule has 0 aliphatic carbocycles. The molecule has 2 nitrogen and oxygen atoms in total. The second-order valence-electron chi connectivity index (χ2n) is 5.11. The number of carbonyl (C=O) groups is 1. The minimum atomic E-state index is 0.363. The highest BCUT2D eigenvalue weighted by atomic mass is 32.2. The molecular weight excluding hydrogens is 256 g/mol. The van der Waals surface area contributed by atoms with E-state index in [1.165, 1.54) is 11.1 Å². The van der Waals surface area contributed by atoms with Crippen LogP contribution in [0.25, 0.3) is 0 Å². The van der Waals surface area contributed by atoms with Gasteiger partial charge < -0.3 is 4.74 Å². The number of benzene rings is 1. The SMILES string of the molecule is CCC(C)SCC(=O)CCc1ccc2c(c1)CCO2. The van der Waals surface area contributed by atoms with Crippen LogP contribution in [0.4, 0.5) is 0 Å². The van der Waals surface area contributed by atoms with Crippen LogP contribution in [0, 0.1) is 0 Å². The first-order valence-electron chi connectivity index (χ1n) is 7.07. The Bertz CT molecular complexity index is 442. The molecule has 1 aliphatic rings. The van der Waals surface area contributed by atoms with Gasteiger partial charge in [0.15, 0.2) is 0 Å². The smallest absolute Gasteiger partial charge is 0.143 e. The van der Waals surface area contributed by atoms with Gasteiger partial charge in [0.05, 0.1) is 12.4 Å². The maximum atomic E-state index is 11.8. The number of fused-ring (bicyclic) bond motifs is 1. The van der Waals surface area contributed by atoms with Crippen LogP contribution in [-0.2, 0) is 17.6 Å². The molecule has 0 saturated carbocycles. The Morgan fingerprint density at radius 1 is 1.47 bits per heavy atom. The summed E-state index contributed by atoms with van der Waals surface area (Å²) < 4.78 is 5.49. The summed E-state index contributed by atoms with van der Waals surface area (Å²) >= 11 is 1.77. The van der Waals surface area contributed by atoms with Gasteiger partial charge in [-0.3, -0.25) is 4.79 Å². The monoisotopic (exact) mass is 278 g/mol. The minimum absolute atomic E-state index is 0.363. The Morgan fingerprint density at radius 2 is 2.32 bits per heavy atom. The number of hydrogen-bond donors (Lipinski definition) is 0. The molecule has 0 aromatic heterocycles. The number of carbonyl (C=O) groups excluding carboxylic acids is 1. The fraction of sp³-hybridized carbons (Fsp3) is 0.562. The lowest BCUT2D eigenvalue weighted by Crippen LogP contribution is -2.06. The number of ketones is 1. The molecule has 1 aromatic rings. The van der Waals surface area contributed by atoms with Crippen LogP contribution >= 0.6 is 11.8 Å². The number of aryl methyl sites for hydroxylation is 1. The molecule has 0 amide bonds. The van der Waals surface area contributed by atoms with E-state index >= 15 is 0 Å². The molecule has 0 bridgehead atoms. The summed E-state index contributed by atoms with van der Waals surface area (Å²) in [6.07, 6.45) is 3.64. The third kappa shape index (κ3) is 4.27. The summed E-state index contributed by atoms with van der Waals surface area (Å²) in [5, 5.41) is 0.584. The summed E-state index contributed by atoms with van der Waals surface area (Å²) in [7, 11) is 0. The third-order valence-corrected chi connectivity index (χ3v) is 4.94. The first-order chi connectivity index (χ1) is 9.19. The van der Waals surface area contributed by atoms with E-state index in [1.54, 1.807) is 11.8 Å². The molecule has 3 heteroatoms. The van der Waals surface area contributed by atoms with Gasteiger partial charge in [-0.15, -0.1) is 0 Å². The van der Waals surface area contributed by atoms with Gasteiger partial charge in [0.1, 0.15) is 11.5 Å². The second-order valence-corrected chi connectivity index (χ2v) is 6.54. The zero-order valence-electron chi connectivity index (χ0n) is 11.8. The minimum Gasteiger partial charge on any atom is -0.493 e. The van der Waals surface area contributed by atoms with Gasteiger partial charge in [-0.2, -0.15) is 11.8 Å². The maximum absolute atomic E-state index is 11.8. The molecule has 1 atom stereocenters. The lowest BCUT2D eigenvalue weighted by atomic mass is 10.0. The van der Waals surface area contributed by atoms with Crippen molar-refractivity contribution in [3.63, 3.8) is 0 Å². The Kier molecular flexibility index (Phi) is 5.32. The topological polar surface area (TPSA) is 26.3 Å². The lowest BCUT2D eigenvalue weighted by Gasteiger charge is -2.07. The molecule has 0 saturated heterocycles. The maximum Gasteiger partial charge on any atom is 0.143 e. The number of rotatable bonds is 7. The number of Topliss-reactive ketones (excluding diaryl/α,β-unsaturated/α-hetero) is 1. The molecule has 1 aromatic carbocycles. The molecule has 0 N–H and O–H groups in total. The van der Waals surface area contributed by atoms with Crippen LogP contribution in [0.3, 0.4) is 0 Å². The van der Waals surface area contributed by atoms with E-state index in [1.807, 2.05) is 6.07 Å². The Labute approximate surface area is 119 Å². The van der Waals surface area contributed by atoms with Crippen molar-refractivity contribution in [2.45, 2.75) is 44.8 Å². The zero-order valence-corrected chi connectivity index (χ0v) is 12.6. The molecule has 1 heterocycles. The molecule has 0 radical (unpaired) electrons. The number of thioether (sulfide) groups is 1. The van der Waals surface area contributed by atoms with Crippen molar-refractivity contribution < 1.29 is 9.53 Å². The van der Waals surface area contributed by atoms with Gasteiger partial charge in [0.25, 0.3) is 0 Å². The van der Waals surface area contributed by atoms with Crippen molar-refractivity contribution in [2.75, 3.05) is 12.4 Å². The first kappa shape index (κ1) is 14.4. The average molecular weight is 278 g/mol. The highest BCUT2D eigenvalue weighted by molar-refractivity contribution is 8.00. The van der Waals surface area contributed by atoms with Crippen molar-refractivity contribution in [2.24, 2.45) is 0 Å². The van der Waals surface area contributed by atoms with Crippen molar-refractivity contribution in [3.8, 4) is 5.75 Å². The Hall–Kier alpha value is -0.960. The van der Waals surface area contributed by atoms with E-state index in [4.69, 9.17) is 4.74 Å². The van der Waals surface area contributed by atoms with Crippen molar-refractivity contribution in [1.29, 1.82) is 0 Å². The number of ether oxygens (including phenoxy) is 1. The normalized spacial score (nSPS) is 14.8. The lowest BCUT2D eigenvalue weighted by molar-refractivity contribution is -0.116. The molecule has 0 fully saturated rings. The molecule has 104 valence electrons. The largest absolute Gasteiger partial charge is 0.493 e. The summed E-state index contributed by atoms with van der Waals surface area (Å²) in [6, 6.07) is 6.31. The first-order valence-corrected chi connectivity index (χ1v) is 8.12. The van der Waals surface area contributed by atoms with Gasteiger partial charge in [-0.1, -0.05) is 26.0 Å². The van der Waals surface area contributed by atoms with Gasteiger partial charge >= 0.3 is 0 Å². The molecule has 1 aliphatic heterocycles. The van der Waals surface area contributed by atoms with Gasteiger partial charge in [0.2, 0.25) is 0 Å². The molecule has 19 heavy (non-hydrogen) atoms. The van der Waals surface area contributed by atoms with E-state index in [2.05, 4.69) is 26.0 Å². The predicted octanol–water partition coefficient (Wildman–Crippen LogP) is 3.65. The molecule has 2 rings (SSSR count). The fourth-order valence-electron chi connectivity index (χ4n) is 2.10. The summed E-state index contributed by atoms with van der Waals surface area (Å²) in [4.78, 5) is 11.8. The van der Waals surface area contributed by atoms with Crippen molar-refractivity contribution >= 4 is 17.5 Å². The van der Waals surface area contributed by atoms with Crippen LogP contribution in [0.5, 0.6) is 5.75 Å². The second kappa shape index (κ2) is 6.99. The Morgan fingerprint density at radius 3 is 3.11 bits per heavy atom. The predicted molar refractivity (Wildman–Crippen MR) is 81.2 cm³/mol. The fourth-order valence-corrected chi connectivity index (χ4v) is 2.95. The summed E-state index contributed by atoms with van der Waals surface area (Å²) in [5.41, 5.74) is 2.55. The van der Waals surface area contributed by atoms with Gasteiger partial charge in [-0.05, 0) is 30.0 Å². The summed E-state index contributed by atoms with van der Waals surface area (Å²) in [6.45, 7) is 5.14. The van der Waals surface area contributed by atoms with E-state index in [-0.39, 0.29) is 0 Å². The van der Waals surface area contributed by atoms with E-state index in [9.17, 15) is 4.79 Å². The van der Waals surface area contributed by atoms with Crippen molar-refractivity contribution in [1.82, 2.24) is 0 Å². The third-order valence-electron chi connectivity index (χ3n) is 3.55. The average Bonchev–Trinajstić information content (AvgIpc) is 2.89. The van der Waals surface area contributed by atoms with Crippen LogP contribution in [0.1, 0.15) is 37.8 Å². The molecule has 1 unspecified atom stereocenters. The number of hydrogen-bond acceptors (Lipinski definition) is 3. The molecular formula is C16H22O2S. The highest BCUT2D eigenvalue weighted by Gasteiger charge is 2.12. The van der Waals surface area contributed by atoms with Crippen LogP contribution in [-0.4, -0.2) is 23.4 Å². The quantitative estimate of drug-likeness (QED) is 0.761. The van der Waals surface area contributed by atoms with Crippen LogP contribution in [0.15, 0.2) is 18.2 Å². The van der Waals surface area contributed by atoms with E-state index in [0.717, 1.165) is 31.6 Å². The van der Waals surface area contributed by atoms with E-state index < -0.39 is 0 Å². The highest BCUT2D eigenvalue weighted by Crippen LogP contribution is 2.26. The van der Waals surface area contributed by atoms with Crippen LogP contribution < -0.4 is 4.74 Å². The molecule has 0 spiro atoms. The van der Waals surface area contributed by atoms with Crippen molar-refractivity contribution in [3.05, 3.63) is 29.3 Å². The van der Waals surface area contributed by atoms with Gasteiger partial charge in [0, 0.05) is 18.1 Å². The van der Waals surface area contributed by atoms with E-state index in [0.29, 0.717) is 23.2 Å². The van der Waals surface area contributed by atoms with Gasteiger partial charge in [-0.25, -0.2) is 0 Å². The Balaban J connectivity index is 1.77. The van der Waals surface area contributed by atoms with Crippen LogP contribution in [0.2, 0.25) is 0 Å². The zero-order chi connectivity index (χ0) is 13.7.